The molecule has 5 heteroatoms. The third kappa shape index (κ3) is 3.71. The number of carbonyl (C=O) groups is 2. The molecular formula is C19H27N3O2. The largest absolute Gasteiger partial charge is 0.333 e. The molecule has 0 spiro atoms. The quantitative estimate of drug-likeness (QED) is 0.922. The zero-order valence-corrected chi connectivity index (χ0v) is 14.4. The second-order valence-electron chi connectivity index (χ2n) is 6.77. The van der Waals surface area contributed by atoms with Crippen LogP contribution >= 0.6 is 0 Å². The molecular weight excluding hydrogens is 302 g/mol. The lowest BCUT2D eigenvalue weighted by atomic mass is 9.94. The van der Waals surface area contributed by atoms with E-state index in [4.69, 9.17) is 0 Å². The maximum Gasteiger partial charge on any atom is 0.317 e. The fourth-order valence-corrected chi connectivity index (χ4v) is 3.88. The molecule has 2 fully saturated rings. The number of hydrogen-bond donors (Lipinski definition) is 1. The molecule has 1 saturated carbocycles. The first kappa shape index (κ1) is 16.8. The maximum absolute atomic E-state index is 12.7. The van der Waals surface area contributed by atoms with Crippen LogP contribution < -0.4 is 10.2 Å². The van der Waals surface area contributed by atoms with Gasteiger partial charge in [0.2, 0.25) is 5.91 Å². The number of urea groups is 1. The monoisotopic (exact) mass is 329 g/mol. The number of carbonyl (C=O) groups excluding carboxylic acids is 2. The molecule has 1 saturated heterocycles. The van der Waals surface area contributed by atoms with Gasteiger partial charge in [0.1, 0.15) is 0 Å². The lowest BCUT2D eigenvalue weighted by Gasteiger charge is -2.34. The first-order chi connectivity index (χ1) is 11.7. The first-order valence-corrected chi connectivity index (χ1v) is 9.11. The Morgan fingerprint density at radius 3 is 2.58 bits per heavy atom. The summed E-state index contributed by atoms with van der Waals surface area (Å²) >= 11 is 0. The number of anilines is 1. The standard InChI is InChI=1S/C19H27N3O2/c1-2-21(16-9-5-3-6-10-16)19(24)20-15-13-18(23)22(14-15)17-11-7-4-8-12-17/h4,7-8,11-12,15-16H,2-3,5-6,9-10,13-14H2,1H3,(H,20,24). The van der Waals surface area contributed by atoms with Gasteiger partial charge in [0.15, 0.2) is 0 Å². The SMILES string of the molecule is CCN(C(=O)NC1CC(=O)N(c2ccccc2)C1)C1CCCCC1. The number of benzene rings is 1. The van der Waals surface area contributed by atoms with E-state index >= 15 is 0 Å². The van der Waals surface area contributed by atoms with E-state index in [-0.39, 0.29) is 18.0 Å². The van der Waals surface area contributed by atoms with Crippen molar-refractivity contribution in [1.29, 1.82) is 0 Å². The van der Waals surface area contributed by atoms with Gasteiger partial charge >= 0.3 is 6.03 Å². The Bertz CT molecular complexity index is 569. The van der Waals surface area contributed by atoms with Gasteiger partial charge in [-0.15, -0.1) is 0 Å². The van der Waals surface area contributed by atoms with Crippen molar-refractivity contribution in [3.05, 3.63) is 30.3 Å². The molecule has 1 N–H and O–H groups in total. The van der Waals surface area contributed by atoms with Crippen LogP contribution in [-0.4, -0.2) is 42.0 Å². The second kappa shape index (κ2) is 7.69. The molecule has 3 rings (SSSR count). The van der Waals surface area contributed by atoms with E-state index < -0.39 is 0 Å². The van der Waals surface area contributed by atoms with Crippen molar-refractivity contribution in [1.82, 2.24) is 10.2 Å². The molecule has 1 atom stereocenters. The van der Waals surface area contributed by atoms with Crippen molar-refractivity contribution in [3.63, 3.8) is 0 Å². The van der Waals surface area contributed by atoms with Crippen molar-refractivity contribution in [3.8, 4) is 0 Å². The summed E-state index contributed by atoms with van der Waals surface area (Å²) < 4.78 is 0. The van der Waals surface area contributed by atoms with Gasteiger partial charge in [-0.05, 0) is 31.9 Å². The number of nitrogens with one attached hydrogen (secondary N) is 1. The summed E-state index contributed by atoms with van der Waals surface area (Å²) in [4.78, 5) is 28.7. The maximum atomic E-state index is 12.7. The van der Waals surface area contributed by atoms with Gasteiger partial charge < -0.3 is 15.1 Å². The van der Waals surface area contributed by atoms with Crippen LogP contribution in [0.15, 0.2) is 30.3 Å². The molecule has 1 aliphatic heterocycles. The summed E-state index contributed by atoms with van der Waals surface area (Å²) in [6.45, 7) is 3.31. The second-order valence-corrected chi connectivity index (χ2v) is 6.77. The lowest BCUT2D eigenvalue weighted by Crippen LogP contribution is -2.50. The zero-order chi connectivity index (χ0) is 16.9. The van der Waals surface area contributed by atoms with Crippen molar-refractivity contribution < 1.29 is 9.59 Å². The van der Waals surface area contributed by atoms with Gasteiger partial charge in [0.05, 0.1) is 6.04 Å². The molecule has 0 radical (unpaired) electrons. The van der Waals surface area contributed by atoms with Crippen LogP contribution in [0.1, 0.15) is 45.4 Å². The Kier molecular flexibility index (Phi) is 5.38. The number of para-hydroxylation sites is 1. The van der Waals surface area contributed by atoms with E-state index in [1.54, 1.807) is 4.90 Å². The highest BCUT2D eigenvalue weighted by Gasteiger charge is 2.33. The minimum absolute atomic E-state index is 0.0166. The summed E-state index contributed by atoms with van der Waals surface area (Å²) in [7, 11) is 0. The van der Waals surface area contributed by atoms with Crippen LogP contribution in [0.25, 0.3) is 0 Å². The molecule has 1 aromatic carbocycles. The topological polar surface area (TPSA) is 52.7 Å². The van der Waals surface area contributed by atoms with Gasteiger partial charge in [-0.25, -0.2) is 4.79 Å². The minimum Gasteiger partial charge on any atom is -0.333 e. The predicted molar refractivity (Wildman–Crippen MR) is 95.0 cm³/mol. The predicted octanol–water partition coefficient (Wildman–Crippen LogP) is 3.16. The molecule has 1 heterocycles. The van der Waals surface area contributed by atoms with Crippen molar-refractivity contribution in [2.75, 3.05) is 18.0 Å². The van der Waals surface area contributed by atoms with Crippen LogP contribution in [0.3, 0.4) is 0 Å². The molecule has 5 nitrogen and oxygen atoms in total. The Hall–Kier alpha value is -2.04. The molecule has 24 heavy (non-hydrogen) atoms. The minimum atomic E-state index is -0.108. The highest BCUT2D eigenvalue weighted by atomic mass is 16.2. The molecule has 0 aromatic heterocycles. The highest BCUT2D eigenvalue weighted by molar-refractivity contribution is 5.96. The normalized spacial score (nSPS) is 21.8. The van der Waals surface area contributed by atoms with Gasteiger partial charge in [-0.2, -0.15) is 0 Å². The van der Waals surface area contributed by atoms with E-state index in [2.05, 4.69) is 5.32 Å². The Morgan fingerprint density at radius 2 is 1.92 bits per heavy atom. The van der Waals surface area contributed by atoms with Crippen LogP contribution in [0.5, 0.6) is 0 Å². The number of nitrogens with zero attached hydrogens (tertiary/aromatic N) is 2. The fourth-order valence-electron chi connectivity index (χ4n) is 3.88. The molecule has 0 bridgehead atoms. The third-order valence-electron chi connectivity index (χ3n) is 5.14. The van der Waals surface area contributed by atoms with Crippen LogP contribution in [0.2, 0.25) is 0 Å². The van der Waals surface area contributed by atoms with Gasteiger partial charge in [0.25, 0.3) is 0 Å². The average molecular weight is 329 g/mol. The summed E-state index contributed by atoms with van der Waals surface area (Å²) in [5.41, 5.74) is 0.902. The molecule has 1 aliphatic carbocycles. The summed E-state index contributed by atoms with van der Waals surface area (Å²) in [5, 5.41) is 3.08. The van der Waals surface area contributed by atoms with Crippen LogP contribution in [-0.2, 0) is 4.79 Å². The first-order valence-electron chi connectivity index (χ1n) is 9.11. The third-order valence-corrected chi connectivity index (χ3v) is 5.14. The number of hydrogen-bond acceptors (Lipinski definition) is 2. The molecule has 2 aliphatic rings. The zero-order valence-electron chi connectivity index (χ0n) is 14.4. The molecule has 130 valence electrons. The van der Waals surface area contributed by atoms with E-state index in [1.807, 2.05) is 42.2 Å². The van der Waals surface area contributed by atoms with Crippen LogP contribution in [0.4, 0.5) is 10.5 Å². The van der Waals surface area contributed by atoms with E-state index in [0.29, 0.717) is 19.0 Å². The smallest absolute Gasteiger partial charge is 0.317 e. The Balaban J connectivity index is 1.59. The van der Waals surface area contributed by atoms with Crippen molar-refractivity contribution >= 4 is 17.6 Å². The van der Waals surface area contributed by atoms with Gasteiger partial charge in [-0.1, -0.05) is 37.5 Å². The molecule has 1 aromatic rings. The summed E-state index contributed by atoms with van der Waals surface area (Å²) in [6, 6.07) is 9.88. The van der Waals surface area contributed by atoms with Crippen molar-refractivity contribution in [2.45, 2.75) is 57.5 Å². The summed E-state index contributed by atoms with van der Waals surface area (Å²) in [6.07, 6.45) is 6.26. The van der Waals surface area contributed by atoms with Gasteiger partial charge in [0, 0.05) is 31.2 Å². The highest BCUT2D eigenvalue weighted by Crippen LogP contribution is 2.24. The van der Waals surface area contributed by atoms with E-state index in [9.17, 15) is 9.59 Å². The Labute approximate surface area is 144 Å². The van der Waals surface area contributed by atoms with Gasteiger partial charge in [-0.3, -0.25) is 4.79 Å². The number of rotatable bonds is 4. The van der Waals surface area contributed by atoms with E-state index in [0.717, 1.165) is 25.1 Å². The number of amides is 3. The lowest BCUT2D eigenvalue weighted by molar-refractivity contribution is -0.117. The fraction of sp³-hybridized carbons (Fsp3) is 0.579. The van der Waals surface area contributed by atoms with Crippen LogP contribution in [0, 0.1) is 0 Å². The van der Waals surface area contributed by atoms with Crippen molar-refractivity contribution in [2.24, 2.45) is 0 Å². The average Bonchev–Trinajstić information content (AvgIpc) is 2.97. The summed E-state index contributed by atoms with van der Waals surface area (Å²) in [5.74, 6) is 0.0761. The molecule has 1 unspecified atom stereocenters. The van der Waals surface area contributed by atoms with E-state index in [1.165, 1.54) is 19.3 Å². The molecule has 3 amide bonds. The Morgan fingerprint density at radius 1 is 1.21 bits per heavy atom.